The van der Waals surface area contributed by atoms with Gasteiger partial charge in [-0.2, -0.15) is 0 Å². The molecule has 0 saturated heterocycles. The monoisotopic (exact) mass is 1060 g/mol. The van der Waals surface area contributed by atoms with Crippen LogP contribution in [0.25, 0.3) is 33.5 Å². The lowest BCUT2D eigenvalue weighted by atomic mass is 9.92. The zero-order valence-corrected chi connectivity index (χ0v) is 42.6. The molecule has 4 amide bonds. The number of alkyl halides is 2. The minimum atomic E-state index is -3.76. The van der Waals surface area contributed by atoms with Crippen LogP contribution in [0.4, 0.5) is 20.4 Å². The van der Waals surface area contributed by atoms with Gasteiger partial charge in [0, 0.05) is 66.3 Å². The lowest BCUT2D eigenvalue weighted by molar-refractivity contribution is -0.286. The molecular weight excluding hydrogens is 999 g/mol. The Bertz CT molecular complexity index is 3050. The number of amides is 4. The molecule has 0 unspecified atom stereocenters. The number of nitrogens with one attached hydrogen (secondary N) is 4. The molecule has 6 aromatic rings. The second kappa shape index (κ2) is 25.6. The van der Waals surface area contributed by atoms with E-state index in [1.165, 1.54) is 12.1 Å². The minimum absolute atomic E-state index is 0.0804. The number of benzene rings is 3. The number of phenolic OH excluding ortho intramolecular Hbond substituents is 1. The van der Waals surface area contributed by atoms with Gasteiger partial charge in [0.25, 0.3) is 11.8 Å². The van der Waals surface area contributed by atoms with Crippen molar-refractivity contribution >= 4 is 35.3 Å². The zero-order chi connectivity index (χ0) is 54.4. The number of carbonyl (C=O) groups excluding carboxylic acids is 4. The van der Waals surface area contributed by atoms with Crippen molar-refractivity contribution in [3.8, 4) is 50.8 Å². The first-order chi connectivity index (χ1) is 37.2. The molecule has 19 nitrogen and oxygen atoms in total. The Balaban J connectivity index is 0.630. The summed E-state index contributed by atoms with van der Waals surface area (Å²) in [7, 11) is 0. The fraction of sp³-hybridized carbons (Fsp3) is 0.339. The van der Waals surface area contributed by atoms with E-state index in [9.17, 15) is 33.1 Å². The van der Waals surface area contributed by atoms with Crippen LogP contribution in [0.3, 0.4) is 0 Å². The summed E-state index contributed by atoms with van der Waals surface area (Å²) in [5.74, 6) is -0.632. The highest BCUT2D eigenvalue weighted by atomic mass is 19.3. The molecule has 2 aliphatic rings. The number of aromatic nitrogens is 3. The Hall–Kier alpha value is -8.11. The number of aryl methyl sites for hydroxylation is 1. The summed E-state index contributed by atoms with van der Waals surface area (Å²) in [5, 5.41) is 21.0. The number of carbonyl (C=O) groups is 4. The first-order valence-corrected chi connectivity index (χ1v) is 25.2. The molecule has 0 atom stereocenters. The van der Waals surface area contributed by atoms with Gasteiger partial charge >= 0.3 is 6.29 Å². The summed E-state index contributed by atoms with van der Waals surface area (Å²) in [5.41, 5.74) is 12.8. The van der Waals surface area contributed by atoms with E-state index in [0.29, 0.717) is 99.5 Å². The van der Waals surface area contributed by atoms with E-state index >= 15 is 0 Å². The van der Waals surface area contributed by atoms with E-state index in [1.54, 1.807) is 79.1 Å². The summed E-state index contributed by atoms with van der Waals surface area (Å²) in [6, 6.07) is 25.1. The van der Waals surface area contributed by atoms with Gasteiger partial charge in [0.05, 0.1) is 64.0 Å². The van der Waals surface area contributed by atoms with E-state index in [-0.39, 0.29) is 73.4 Å². The van der Waals surface area contributed by atoms with Gasteiger partial charge in [-0.3, -0.25) is 24.2 Å². The average Bonchev–Trinajstić information content (AvgIpc) is 4.23. The van der Waals surface area contributed by atoms with Gasteiger partial charge in [-0.15, -0.1) is 8.78 Å². The van der Waals surface area contributed by atoms with E-state index < -0.39 is 17.6 Å². The van der Waals surface area contributed by atoms with E-state index in [1.807, 2.05) is 26.0 Å². The van der Waals surface area contributed by atoms with Crippen LogP contribution in [0, 0.1) is 6.92 Å². The number of halogens is 2. The second-order valence-electron chi connectivity index (χ2n) is 18.1. The standard InChI is InChI=1S/C56H60F2N8O11/c1-3-42-43(34-64-51(59)49(42)36-8-12-41(67)13-9-36)39-10-14-44(63-33-39)53(70)61-20-17-48(68)60-21-23-72-25-27-74-29-30-75-28-26-73-24-22-62-52(69)38-6-4-5-37(31-38)50-35(2)7-16-47(65-50)66-54(71)55(18-19-55)40-11-15-45-46(32-40)77-56(57,58)76-45/h4-16,31-34,67H,3,17-30H2,1-2H3,(H2,59,64)(H,60,68)(H,61,70)(H,62,69)(H,65,66,71). The highest BCUT2D eigenvalue weighted by Gasteiger charge is 2.53. The molecule has 21 heteroatoms. The molecule has 0 radical (unpaired) electrons. The number of nitrogens with two attached hydrogens (primary N) is 1. The van der Waals surface area contributed by atoms with Crippen molar-refractivity contribution in [3.05, 3.63) is 131 Å². The number of hydrogen-bond acceptors (Lipinski definition) is 15. The number of anilines is 2. The highest BCUT2D eigenvalue weighted by Crippen LogP contribution is 2.52. The van der Waals surface area contributed by atoms with Gasteiger partial charge in [0.2, 0.25) is 11.8 Å². The van der Waals surface area contributed by atoms with E-state index in [4.69, 9.17) is 29.7 Å². The van der Waals surface area contributed by atoms with Crippen LogP contribution in [0.15, 0.2) is 103 Å². The maximum Gasteiger partial charge on any atom is 0.586 e. The molecule has 3 aromatic heterocycles. The Labute approximate surface area is 443 Å². The molecule has 7 N–H and O–H groups in total. The summed E-state index contributed by atoms with van der Waals surface area (Å²) < 4.78 is 58.5. The fourth-order valence-electron chi connectivity index (χ4n) is 8.60. The number of aromatic hydroxyl groups is 1. The smallest absolute Gasteiger partial charge is 0.508 e. The molecule has 1 fully saturated rings. The largest absolute Gasteiger partial charge is 0.586 e. The predicted molar refractivity (Wildman–Crippen MR) is 281 cm³/mol. The summed E-state index contributed by atoms with van der Waals surface area (Å²) in [6.07, 6.45) is 1.34. The van der Waals surface area contributed by atoms with Crippen molar-refractivity contribution in [2.24, 2.45) is 0 Å². The van der Waals surface area contributed by atoms with Crippen molar-refractivity contribution in [1.29, 1.82) is 0 Å². The summed E-state index contributed by atoms with van der Waals surface area (Å²) in [4.78, 5) is 65.1. The molecule has 1 saturated carbocycles. The predicted octanol–water partition coefficient (Wildman–Crippen LogP) is 6.76. The minimum Gasteiger partial charge on any atom is -0.508 e. The Morgan fingerprint density at radius 2 is 1.36 bits per heavy atom. The zero-order valence-electron chi connectivity index (χ0n) is 42.6. The lowest BCUT2D eigenvalue weighted by Crippen LogP contribution is -2.32. The van der Waals surface area contributed by atoms with Gasteiger partial charge in [0.1, 0.15) is 23.1 Å². The molecule has 77 heavy (non-hydrogen) atoms. The van der Waals surface area contributed by atoms with Crippen molar-refractivity contribution in [3.63, 3.8) is 0 Å². The van der Waals surface area contributed by atoms with Crippen LogP contribution >= 0.6 is 0 Å². The van der Waals surface area contributed by atoms with Crippen LogP contribution in [-0.2, 0) is 40.4 Å². The molecule has 404 valence electrons. The van der Waals surface area contributed by atoms with Crippen LogP contribution in [0.5, 0.6) is 17.2 Å². The van der Waals surface area contributed by atoms with Gasteiger partial charge < -0.3 is 60.5 Å². The third-order valence-electron chi connectivity index (χ3n) is 12.8. The van der Waals surface area contributed by atoms with Crippen LogP contribution in [0.2, 0.25) is 0 Å². The highest BCUT2D eigenvalue weighted by molar-refractivity contribution is 6.01. The van der Waals surface area contributed by atoms with Crippen molar-refractivity contribution < 1.29 is 61.5 Å². The topological polar surface area (TPSA) is 257 Å². The van der Waals surface area contributed by atoms with Crippen molar-refractivity contribution in [1.82, 2.24) is 30.9 Å². The lowest BCUT2D eigenvalue weighted by Gasteiger charge is -2.17. The van der Waals surface area contributed by atoms with Crippen molar-refractivity contribution in [2.75, 3.05) is 83.5 Å². The first-order valence-electron chi connectivity index (χ1n) is 25.2. The third kappa shape index (κ3) is 14.4. The first kappa shape index (κ1) is 55.1. The number of hydrogen-bond donors (Lipinski definition) is 6. The quantitative estimate of drug-likeness (QED) is 0.0292. The molecule has 1 aliphatic carbocycles. The van der Waals surface area contributed by atoms with Crippen LogP contribution in [0.1, 0.15) is 63.7 Å². The molecule has 1 aliphatic heterocycles. The Morgan fingerprint density at radius 1 is 0.701 bits per heavy atom. The molecule has 0 spiro atoms. The Kier molecular flexibility index (Phi) is 18.3. The van der Waals surface area contributed by atoms with Crippen LogP contribution in [-0.4, -0.2) is 122 Å². The summed E-state index contributed by atoms with van der Waals surface area (Å²) in [6.45, 7) is 7.19. The number of phenols is 1. The summed E-state index contributed by atoms with van der Waals surface area (Å²) >= 11 is 0. The number of nitrogens with zero attached hydrogens (tertiary/aromatic N) is 3. The normalized spacial score (nSPS) is 13.7. The van der Waals surface area contributed by atoms with Gasteiger partial charge in [-0.1, -0.05) is 49.4 Å². The maximum atomic E-state index is 13.6. The number of ether oxygens (including phenoxy) is 6. The molecule has 0 bridgehead atoms. The van der Waals surface area contributed by atoms with Gasteiger partial charge in [-0.25, -0.2) is 9.97 Å². The fourth-order valence-corrected chi connectivity index (χ4v) is 8.60. The van der Waals surface area contributed by atoms with Gasteiger partial charge in [0.15, 0.2) is 11.5 Å². The van der Waals surface area contributed by atoms with Crippen molar-refractivity contribution in [2.45, 2.75) is 51.2 Å². The van der Waals surface area contributed by atoms with Gasteiger partial charge in [-0.05, 0) is 97.0 Å². The Morgan fingerprint density at radius 3 is 2.04 bits per heavy atom. The van der Waals surface area contributed by atoms with E-state index in [0.717, 1.165) is 33.4 Å². The molecule has 8 rings (SSSR count). The molecular formula is C56H60F2N8O11. The van der Waals surface area contributed by atoms with Crippen LogP contribution < -0.4 is 36.5 Å². The van der Waals surface area contributed by atoms with E-state index in [2.05, 4.69) is 40.7 Å². The molecule has 3 aromatic carbocycles. The average molecular weight is 1060 g/mol. The molecule has 4 heterocycles. The number of fused-ring (bicyclic) bond motifs is 1. The maximum absolute atomic E-state index is 13.6. The number of nitrogen functional groups attached to an aromatic ring is 1. The second-order valence-corrected chi connectivity index (χ2v) is 18.1. The number of rotatable bonds is 27. The third-order valence-corrected chi connectivity index (χ3v) is 12.8. The number of pyridine rings is 3. The SMILES string of the molecule is CCc1c(-c2ccc(C(=O)NCCC(=O)NCCOCCOCCOCCOCCNC(=O)c3cccc(-c4nc(NC(=O)C5(c6ccc7c(c6)OC(F)(F)O7)CC5)ccc4C)c3)nc2)cnc(N)c1-c1ccc(O)cc1.